The van der Waals surface area contributed by atoms with E-state index < -0.39 is 11.8 Å². The number of benzene rings is 2. The van der Waals surface area contributed by atoms with Gasteiger partial charge in [-0.2, -0.15) is 0 Å². The van der Waals surface area contributed by atoms with Crippen molar-refractivity contribution in [2.24, 2.45) is 0 Å². The maximum absolute atomic E-state index is 13.5. The lowest BCUT2D eigenvalue weighted by Gasteiger charge is -2.11. The summed E-state index contributed by atoms with van der Waals surface area (Å²) in [6.45, 7) is 0. The van der Waals surface area contributed by atoms with Gasteiger partial charge in [0.05, 0.1) is 9.50 Å². The van der Waals surface area contributed by atoms with E-state index in [2.05, 4.69) is 15.9 Å². The molecule has 6 heteroatoms. The van der Waals surface area contributed by atoms with E-state index in [9.17, 15) is 9.18 Å². The fraction of sp³-hybridized carbons (Fsp3) is 0. The minimum absolute atomic E-state index is 0.258. The summed E-state index contributed by atoms with van der Waals surface area (Å²) in [5.41, 5.74) is 0.480. The fourth-order valence-electron chi connectivity index (χ4n) is 1.58. The molecule has 3 nitrogen and oxygen atoms in total. The molecule has 108 valence electrons. The summed E-state index contributed by atoms with van der Waals surface area (Å²) in [5.74, 6) is -1.04. The molecule has 0 bridgehead atoms. The van der Waals surface area contributed by atoms with E-state index in [0.29, 0.717) is 15.1 Å². The number of carbonyl (C=O) groups is 1. The summed E-state index contributed by atoms with van der Waals surface area (Å²) in [6, 6.07) is 9.20. The zero-order chi connectivity index (χ0) is 15.4. The van der Waals surface area contributed by atoms with Crippen LogP contribution in [0.15, 0.2) is 46.9 Å². The first-order valence-corrected chi connectivity index (χ1v) is 6.97. The van der Waals surface area contributed by atoms with Gasteiger partial charge in [-0.1, -0.05) is 23.7 Å². The van der Waals surface area contributed by atoms with Crippen molar-refractivity contribution >= 4 is 39.6 Å². The van der Waals surface area contributed by atoms with Crippen LogP contribution in [-0.2, 0) is 4.79 Å². The Labute approximate surface area is 133 Å². The van der Waals surface area contributed by atoms with Crippen LogP contribution in [-0.4, -0.2) is 11.1 Å². The van der Waals surface area contributed by atoms with Crippen molar-refractivity contribution in [3.8, 4) is 11.5 Å². The van der Waals surface area contributed by atoms with E-state index >= 15 is 0 Å². The quantitative estimate of drug-likeness (QED) is 0.758. The molecule has 0 spiro atoms. The predicted octanol–water partition coefficient (Wildman–Crippen LogP) is 5.13. The third-order valence-corrected chi connectivity index (χ3v) is 3.45. The van der Waals surface area contributed by atoms with E-state index in [0.717, 1.165) is 6.08 Å². The Bertz CT molecular complexity index is 716. The molecular formula is C15H9BrClFO3. The lowest BCUT2D eigenvalue weighted by atomic mass is 10.2. The third kappa shape index (κ3) is 4.06. The van der Waals surface area contributed by atoms with Crippen LogP contribution >= 0.6 is 27.5 Å². The summed E-state index contributed by atoms with van der Waals surface area (Å²) in [6.07, 6.45) is 2.33. The molecule has 21 heavy (non-hydrogen) atoms. The molecule has 2 rings (SSSR count). The molecule has 0 heterocycles. The van der Waals surface area contributed by atoms with Crippen molar-refractivity contribution in [2.45, 2.75) is 0 Å². The molecule has 0 aromatic heterocycles. The molecule has 0 amide bonds. The van der Waals surface area contributed by atoms with Crippen molar-refractivity contribution < 1.29 is 19.0 Å². The largest absolute Gasteiger partial charge is 0.478 e. The van der Waals surface area contributed by atoms with Crippen LogP contribution in [0.1, 0.15) is 5.56 Å². The maximum Gasteiger partial charge on any atom is 0.328 e. The average Bonchev–Trinajstić information content (AvgIpc) is 2.43. The molecule has 0 atom stereocenters. The van der Waals surface area contributed by atoms with Gasteiger partial charge in [0.25, 0.3) is 0 Å². The molecule has 0 unspecified atom stereocenters. The van der Waals surface area contributed by atoms with Gasteiger partial charge in [-0.15, -0.1) is 0 Å². The lowest BCUT2D eigenvalue weighted by molar-refractivity contribution is -0.131. The number of ether oxygens (including phenoxy) is 1. The molecule has 0 radical (unpaired) electrons. The van der Waals surface area contributed by atoms with Crippen LogP contribution in [0.25, 0.3) is 6.08 Å². The van der Waals surface area contributed by atoms with Gasteiger partial charge in [0.2, 0.25) is 0 Å². The number of carboxylic acids is 1. The highest BCUT2D eigenvalue weighted by atomic mass is 79.9. The van der Waals surface area contributed by atoms with Gasteiger partial charge < -0.3 is 9.84 Å². The van der Waals surface area contributed by atoms with Crippen LogP contribution < -0.4 is 4.74 Å². The number of aliphatic carboxylic acids is 1. The van der Waals surface area contributed by atoms with Crippen LogP contribution in [0.2, 0.25) is 5.02 Å². The Hall–Kier alpha value is -1.85. The molecule has 0 aliphatic carbocycles. The summed E-state index contributed by atoms with van der Waals surface area (Å²) < 4.78 is 19.4. The highest BCUT2D eigenvalue weighted by molar-refractivity contribution is 9.10. The molecule has 0 aliphatic rings. The monoisotopic (exact) mass is 370 g/mol. The number of para-hydroxylation sites is 1. The van der Waals surface area contributed by atoms with Crippen molar-refractivity contribution in [3.63, 3.8) is 0 Å². The van der Waals surface area contributed by atoms with Crippen LogP contribution in [0.5, 0.6) is 11.5 Å². The van der Waals surface area contributed by atoms with Crippen LogP contribution in [0.4, 0.5) is 4.39 Å². The topological polar surface area (TPSA) is 46.5 Å². The fourth-order valence-corrected chi connectivity index (χ4v) is 2.05. The second-order valence-corrected chi connectivity index (χ2v) is 5.27. The second kappa shape index (κ2) is 6.74. The smallest absolute Gasteiger partial charge is 0.328 e. The van der Waals surface area contributed by atoms with E-state index in [4.69, 9.17) is 21.4 Å². The van der Waals surface area contributed by atoms with E-state index in [1.54, 1.807) is 24.3 Å². The first kappa shape index (κ1) is 15.5. The minimum Gasteiger partial charge on any atom is -0.478 e. The normalized spacial score (nSPS) is 10.8. The van der Waals surface area contributed by atoms with Crippen molar-refractivity contribution in [1.82, 2.24) is 0 Å². The van der Waals surface area contributed by atoms with Crippen LogP contribution in [0, 0.1) is 5.82 Å². The Balaban J connectivity index is 2.38. The zero-order valence-corrected chi connectivity index (χ0v) is 12.9. The number of hydrogen-bond donors (Lipinski definition) is 1. The predicted molar refractivity (Wildman–Crippen MR) is 82.3 cm³/mol. The summed E-state index contributed by atoms with van der Waals surface area (Å²) in [7, 11) is 0. The van der Waals surface area contributed by atoms with Gasteiger partial charge in [0, 0.05) is 17.7 Å². The molecule has 1 N–H and O–H groups in total. The Morgan fingerprint density at radius 2 is 2.10 bits per heavy atom. The standard InChI is InChI=1S/C15H9BrClFO3/c16-11-6-5-10(8-13(11)18)21-15-9(4-7-14(19)20)2-1-3-12(15)17/h1-8H,(H,19,20)/b7-4+. The number of hydrogen-bond acceptors (Lipinski definition) is 2. The van der Waals surface area contributed by atoms with Gasteiger partial charge in [0.15, 0.2) is 5.75 Å². The average molecular weight is 372 g/mol. The van der Waals surface area contributed by atoms with Gasteiger partial charge in [-0.3, -0.25) is 0 Å². The molecular weight excluding hydrogens is 363 g/mol. The number of halogens is 3. The summed E-state index contributed by atoms with van der Waals surface area (Å²) in [5, 5.41) is 8.97. The summed E-state index contributed by atoms with van der Waals surface area (Å²) >= 11 is 9.11. The number of rotatable bonds is 4. The molecule has 0 saturated carbocycles. The molecule has 2 aromatic rings. The van der Waals surface area contributed by atoms with Crippen molar-refractivity contribution in [3.05, 3.63) is 63.4 Å². The molecule has 2 aromatic carbocycles. The lowest BCUT2D eigenvalue weighted by Crippen LogP contribution is -1.91. The molecule has 0 fully saturated rings. The number of carboxylic acid groups (broad SMARTS) is 1. The Morgan fingerprint density at radius 3 is 2.76 bits per heavy atom. The Kier molecular flexibility index (Phi) is 4.98. The minimum atomic E-state index is -1.09. The van der Waals surface area contributed by atoms with Crippen molar-refractivity contribution in [2.75, 3.05) is 0 Å². The highest BCUT2D eigenvalue weighted by Crippen LogP contribution is 2.34. The van der Waals surface area contributed by atoms with Crippen LogP contribution in [0.3, 0.4) is 0 Å². The van der Waals surface area contributed by atoms with E-state index in [-0.39, 0.29) is 11.5 Å². The van der Waals surface area contributed by atoms with Gasteiger partial charge in [0.1, 0.15) is 11.6 Å². The third-order valence-electron chi connectivity index (χ3n) is 2.51. The second-order valence-electron chi connectivity index (χ2n) is 4.01. The Morgan fingerprint density at radius 1 is 1.33 bits per heavy atom. The first-order valence-electron chi connectivity index (χ1n) is 5.80. The van der Waals surface area contributed by atoms with Gasteiger partial charge in [-0.25, -0.2) is 9.18 Å². The van der Waals surface area contributed by atoms with Crippen molar-refractivity contribution in [1.29, 1.82) is 0 Å². The molecule has 0 aliphatic heterocycles. The van der Waals surface area contributed by atoms with E-state index in [1.807, 2.05) is 0 Å². The summed E-state index contributed by atoms with van der Waals surface area (Å²) in [4.78, 5) is 10.6. The van der Waals surface area contributed by atoms with Gasteiger partial charge >= 0.3 is 5.97 Å². The maximum atomic E-state index is 13.5. The zero-order valence-electron chi connectivity index (χ0n) is 10.5. The molecule has 0 saturated heterocycles. The van der Waals surface area contributed by atoms with Gasteiger partial charge in [-0.05, 0) is 40.2 Å². The first-order chi connectivity index (χ1) is 9.97. The van der Waals surface area contributed by atoms with E-state index in [1.165, 1.54) is 18.2 Å². The highest BCUT2D eigenvalue weighted by Gasteiger charge is 2.09. The SMILES string of the molecule is O=C(O)/C=C/c1cccc(Cl)c1Oc1ccc(Br)c(F)c1.